The van der Waals surface area contributed by atoms with Crippen molar-refractivity contribution in [3.05, 3.63) is 35.4 Å². The van der Waals surface area contributed by atoms with Gasteiger partial charge in [0.05, 0.1) is 19.6 Å². The summed E-state index contributed by atoms with van der Waals surface area (Å²) in [5.74, 6) is 0.423. The highest BCUT2D eigenvalue weighted by Crippen LogP contribution is 2.18. The maximum absolute atomic E-state index is 11.5. The van der Waals surface area contributed by atoms with Gasteiger partial charge >= 0.3 is 5.97 Å². The standard InChI is InChI=1S/C17H25N3O2/c1-4-18-17(19-11-13(2)16(21)22-3)20-10-9-14-7-5-6-8-15(14)12-20/h5-8,13H,4,9-12H2,1-3H3,(H,18,19). The van der Waals surface area contributed by atoms with Crippen LogP contribution in [-0.4, -0.2) is 43.6 Å². The van der Waals surface area contributed by atoms with E-state index in [9.17, 15) is 4.79 Å². The van der Waals surface area contributed by atoms with Crippen molar-refractivity contribution >= 4 is 11.9 Å². The largest absolute Gasteiger partial charge is 0.469 e. The molecule has 0 bridgehead atoms. The van der Waals surface area contributed by atoms with Crippen LogP contribution < -0.4 is 5.32 Å². The number of fused-ring (bicyclic) bond motifs is 1. The number of ether oxygens (including phenoxy) is 1. The number of carbonyl (C=O) groups excluding carboxylic acids is 1. The monoisotopic (exact) mass is 303 g/mol. The number of guanidine groups is 1. The number of rotatable bonds is 4. The molecule has 1 unspecified atom stereocenters. The molecule has 5 nitrogen and oxygen atoms in total. The zero-order valence-electron chi connectivity index (χ0n) is 13.6. The number of hydrogen-bond donors (Lipinski definition) is 1. The normalized spacial score (nSPS) is 16.0. The van der Waals surface area contributed by atoms with E-state index in [1.807, 2.05) is 6.92 Å². The van der Waals surface area contributed by atoms with Gasteiger partial charge in [-0.3, -0.25) is 9.79 Å². The lowest BCUT2D eigenvalue weighted by Gasteiger charge is -2.31. The lowest BCUT2D eigenvalue weighted by molar-refractivity contribution is -0.144. The van der Waals surface area contributed by atoms with Crippen LogP contribution in [0.4, 0.5) is 0 Å². The van der Waals surface area contributed by atoms with Crippen molar-refractivity contribution in [3.8, 4) is 0 Å². The summed E-state index contributed by atoms with van der Waals surface area (Å²) in [4.78, 5) is 18.4. The molecule has 120 valence electrons. The van der Waals surface area contributed by atoms with Crippen molar-refractivity contribution in [1.82, 2.24) is 10.2 Å². The van der Waals surface area contributed by atoms with Crippen molar-refractivity contribution in [2.45, 2.75) is 26.8 Å². The second kappa shape index (κ2) is 7.82. The van der Waals surface area contributed by atoms with E-state index in [1.54, 1.807) is 0 Å². The summed E-state index contributed by atoms with van der Waals surface area (Å²) in [5.41, 5.74) is 2.76. The van der Waals surface area contributed by atoms with Crippen LogP contribution in [0.1, 0.15) is 25.0 Å². The third-order valence-corrected chi connectivity index (χ3v) is 3.88. The number of nitrogens with zero attached hydrogens (tertiary/aromatic N) is 2. The fourth-order valence-electron chi connectivity index (χ4n) is 2.60. The van der Waals surface area contributed by atoms with Crippen LogP contribution in [0.25, 0.3) is 0 Å². The highest BCUT2D eigenvalue weighted by Gasteiger charge is 2.19. The van der Waals surface area contributed by atoms with Crippen LogP contribution in [0.2, 0.25) is 0 Å². The number of aliphatic imine (C=N–C) groups is 1. The van der Waals surface area contributed by atoms with Crippen LogP contribution in [0, 0.1) is 5.92 Å². The summed E-state index contributed by atoms with van der Waals surface area (Å²) in [5, 5.41) is 3.32. The summed E-state index contributed by atoms with van der Waals surface area (Å²) >= 11 is 0. The molecule has 0 radical (unpaired) electrons. The summed E-state index contributed by atoms with van der Waals surface area (Å²) in [6.07, 6.45) is 1.02. The van der Waals surface area contributed by atoms with E-state index in [-0.39, 0.29) is 11.9 Å². The van der Waals surface area contributed by atoms with Gasteiger partial charge in [0.15, 0.2) is 5.96 Å². The minimum atomic E-state index is -0.226. The number of methoxy groups -OCH3 is 1. The number of benzene rings is 1. The van der Waals surface area contributed by atoms with Crippen LogP contribution in [0.5, 0.6) is 0 Å². The van der Waals surface area contributed by atoms with Gasteiger partial charge in [-0.1, -0.05) is 31.2 Å². The maximum Gasteiger partial charge on any atom is 0.310 e. The zero-order chi connectivity index (χ0) is 15.9. The average molecular weight is 303 g/mol. The molecule has 22 heavy (non-hydrogen) atoms. The first-order valence-electron chi connectivity index (χ1n) is 7.83. The van der Waals surface area contributed by atoms with E-state index >= 15 is 0 Å². The first-order valence-corrected chi connectivity index (χ1v) is 7.83. The Hall–Kier alpha value is -2.04. The quantitative estimate of drug-likeness (QED) is 0.524. The number of esters is 1. The minimum Gasteiger partial charge on any atom is -0.469 e. The summed E-state index contributed by atoms with van der Waals surface area (Å²) in [6, 6.07) is 8.52. The highest BCUT2D eigenvalue weighted by molar-refractivity contribution is 5.81. The highest BCUT2D eigenvalue weighted by atomic mass is 16.5. The van der Waals surface area contributed by atoms with Crippen molar-refractivity contribution in [3.63, 3.8) is 0 Å². The van der Waals surface area contributed by atoms with Gasteiger partial charge < -0.3 is 15.0 Å². The molecular weight excluding hydrogens is 278 g/mol. The fraction of sp³-hybridized carbons (Fsp3) is 0.529. The van der Waals surface area contributed by atoms with Crippen molar-refractivity contribution in [2.75, 3.05) is 26.7 Å². The van der Waals surface area contributed by atoms with E-state index in [0.29, 0.717) is 6.54 Å². The first-order chi connectivity index (χ1) is 10.7. The Bertz CT molecular complexity index is 542. The Morgan fingerprint density at radius 2 is 2.14 bits per heavy atom. The van der Waals surface area contributed by atoms with Gasteiger partial charge in [0.2, 0.25) is 0 Å². The van der Waals surface area contributed by atoms with Crippen molar-refractivity contribution in [1.29, 1.82) is 0 Å². The molecule has 2 rings (SSSR count). The molecule has 0 saturated carbocycles. The molecule has 5 heteroatoms. The molecule has 0 amide bonds. The van der Waals surface area contributed by atoms with Gasteiger partial charge in [-0.05, 0) is 24.5 Å². The molecule has 0 spiro atoms. The van der Waals surface area contributed by atoms with Crippen molar-refractivity contribution < 1.29 is 9.53 Å². The lowest BCUT2D eigenvalue weighted by Crippen LogP contribution is -2.44. The van der Waals surface area contributed by atoms with E-state index < -0.39 is 0 Å². The molecule has 0 aliphatic carbocycles. The molecule has 1 N–H and O–H groups in total. The molecule has 1 heterocycles. The zero-order valence-corrected chi connectivity index (χ0v) is 13.6. The Morgan fingerprint density at radius 3 is 2.82 bits per heavy atom. The van der Waals surface area contributed by atoms with Gasteiger partial charge in [-0.15, -0.1) is 0 Å². The summed E-state index contributed by atoms with van der Waals surface area (Å²) in [6.45, 7) is 6.93. The molecular formula is C17H25N3O2. The maximum atomic E-state index is 11.5. The molecule has 1 aromatic rings. The molecule has 1 aliphatic rings. The minimum absolute atomic E-state index is 0.219. The third kappa shape index (κ3) is 4.00. The molecule has 0 fully saturated rings. The van der Waals surface area contributed by atoms with Crippen LogP contribution in [0.3, 0.4) is 0 Å². The predicted molar refractivity (Wildman–Crippen MR) is 87.7 cm³/mol. The van der Waals surface area contributed by atoms with Crippen LogP contribution in [0.15, 0.2) is 29.3 Å². The fourth-order valence-corrected chi connectivity index (χ4v) is 2.60. The third-order valence-electron chi connectivity index (χ3n) is 3.88. The smallest absolute Gasteiger partial charge is 0.310 e. The number of carbonyl (C=O) groups is 1. The van der Waals surface area contributed by atoms with Gasteiger partial charge in [-0.2, -0.15) is 0 Å². The van der Waals surface area contributed by atoms with Gasteiger partial charge in [-0.25, -0.2) is 0 Å². The molecule has 0 aromatic heterocycles. The summed E-state index contributed by atoms with van der Waals surface area (Å²) in [7, 11) is 1.41. The summed E-state index contributed by atoms with van der Waals surface area (Å²) < 4.78 is 4.75. The second-order valence-corrected chi connectivity index (χ2v) is 5.56. The average Bonchev–Trinajstić information content (AvgIpc) is 2.57. The van der Waals surface area contributed by atoms with E-state index in [0.717, 1.165) is 32.0 Å². The SMILES string of the molecule is CCNC(=NCC(C)C(=O)OC)N1CCc2ccccc2C1. The van der Waals surface area contributed by atoms with E-state index in [4.69, 9.17) is 4.74 Å². The van der Waals surface area contributed by atoms with Crippen molar-refractivity contribution in [2.24, 2.45) is 10.9 Å². The van der Waals surface area contributed by atoms with E-state index in [2.05, 4.69) is 46.4 Å². The van der Waals surface area contributed by atoms with Crippen LogP contribution >= 0.6 is 0 Å². The first kappa shape index (κ1) is 16.3. The molecule has 1 atom stereocenters. The second-order valence-electron chi connectivity index (χ2n) is 5.56. The lowest BCUT2D eigenvalue weighted by atomic mass is 10.0. The molecule has 1 aromatic carbocycles. The Balaban J connectivity index is 2.07. The topological polar surface area (TPSA) is 53.9 Å². The molecule has 0 saturated heterocycles. The van der Waals surface area contributed by atoms with Crippen LogP contribution in [-0.2, 0) is 22.5 Å². The number of nitrogens with one attached hydrogen (secondary N) is 1. The van der Waals surface area contributed by atoms with Gasteiger partial charge in [0, 0.05) is 19.6 Å². The van der Waals surface area contributed by atoms with Gasteiger partial charge in [0.25, 0.3) is 0 Å². The number of hydrogen-bond acceptors (Lipinski definition) is 3. The Labute approximate surface area is 132 Å². The van der Waals surface area contributed by atoms with E-state index in [1.165, 1.54) is 18.2 Å². The predicted octanol–water partition coefficient (Wildman–Crippen LogP) is 1.82. The Kier molecular flexibility index (Phi) is 5.81. The van der Waals surface area contributed by atoms with Gasteiger partial charge in [0.1, 0.15) is 0 Å². The molecule has 1 aliphatic heterocycles. The Morgan fingerprint density at radius 1 is 1.41 bits per heavy atom.